The molecule has 134 valence electrons. The SMILES string of the molecule is CC(C)(Oc1ccc(Nc2ccccc2)cc1)C(C)(C)c1ccccc1. The van der Waals surface area contributed by atoms with Gasteiger partial charge in [0.1, 0.15) is 11.4 Å². The fraction of sp³-hybridized carbons (Fsp3) is 0.250. The second kappa shape index (κ2) is 7.25. The van der Waals surface area contributed by atoms with Gasteiger partial charge in [0.05, 0.1) is 0 Å². The molecular weight excluding hydrogens is 318 g/mol. The van der Waals surface area contributed by atoms with E-state index < -0.39 is 0 Å². The van der Waals surface area contributed by atoms with Crippen molar-refractivity contribution in [2.24, 2.45) is 0 Å². The molecule has 0 aromatic heterocycles. The van der Waals surface area contributed by atoms with Crippen LogP contribution in [-0.2, 0) is 5.41 Å². The standard InChI is InChI=1S/C24H27NO/c1-23(2,19-11-7-5-8-12-19)24(3,4)26-22-17-15-21(16-18-22)25-20-13-9-6-10-14-20/h5-18,25H,1-4H3. The van der Waals surface area contributed by atoms with Crippen LogP contribution < -0.4 is 10.1 Å². The molecule has 0 saturated carbocycles. The molecule has 0 atom stereocenters. The van der Waals surface area contributed by atoms with E-state index in [0.717, 1.165) is 17.1 Å². The summed E-state index contributed by atoms with van der Waals surface area (Å²) in [5, 5.41) is 3.39. The Kier molecular flexibility index (Phi) is 5.03. The Labute approximate surface area is 156 Å². The third-order valence-electron chi connectivity index (χ3n) is 5.29. The van der Waals surface area contributed by atoms with Crippen molar-refractivity contribution in [3.63, 3.8) is 0 Å². The van der Waals surface area contributed by atoms with Crippen LogP contribution in [0, 0.1) is 0 Å². The summed E-state index contributed by atoms with van der Waals surface area (Å²) >= 11 is 0. The van der Waals surface area contributed by atoms with Gasteiger partial charge in [0, 0.05) is 16.8 Å². The number of nitrogens with one attached hydrogen (secondary N) is 1. The smallest absolute Gasteiger partial charge is 0.120 e. The summed E-state index contributed by atoms with van der Waals surface area (Å²) in [6.07, 6.45) is 0. The molecule has 3 rings (SSSR count). The van der Waals surface area contributed by atoms with E-state index in [1.807, 2.05) is 48.5 Å². The number of para-hydroxylation sites is 1. The summed E-state index contributed by atoms with van der Waals surface area (Å²) in [5.74, 6) is 0.873. The first kappa shape index (κ1) is 18.1. The van der Waals surface area contributed by atoms with Crippen LogP contribution in [-0.4, -0.2) is 5.60 Å². The number of rotatable bonds is 6. The van der Waals surface area contributed by atoms with Gasteiger partial charge in [-0.2, -0.15) is 0 Å². The lowest BCUT2D eigenvalue weighted by atomic mass is 9.72. The maximum absolute atomic E-state index is 6.40. The second-order valence-electron chi connectivity index (χ2n) is 7.62. The van der Waals surface area contributed by atoms with Crippen LogP contribution in [0.25, 0.3) is 0 Å². The summed E-state index contributed by atoms with van der Waals surface area (Å²) in [7, 11) is 0. The van der Waals surface area contributed by atoms with Crippen LogP contribution in [0.5, 0.6) is 5.75 Å². The summed E-state index contributed by atoms with van der Waals surface area (Å²) in [6, 6.07) is 28.8. The van der Waals surface area contributed by atoms with Crippen LogP contribution in [0.15, 0.2) is 84.9 Å². The van der Waals surface area contributed by atoms with Crippen molar-refractivity contribution in [3.8, 4) is 5.75 Å². The van der Waals surface area contributed by atoms with Crippen molar-refractivity contribution >= 4 is 11.4 Å². The Bertz CT molecular complexity index is 821. The van der Waals surface area contributed by atoms with E-state index in [2.05, 4.69) is 69.4 Å². The highest BCUT2D eigenvalue weighted by molar-refractivity contribution is 5.60. The van der Waals surface area contributed by atoms with Crippen molar-refractivity contribution in [1.29, 1.82) is 0 Å². The van der Waals surface area contributed by atoms with Crippen molar-refractivity contribution in [1.82, 2.24) is 0 Å². The molecule has 0 heterocycles. The fourth-order valence-corrected chi connectivity index (χ4v) is 2.92. The molecule has 0 bridgehead atoms. The van der Waals surface area contributed by atoms with Gasteiger partial charge < -0.3 is 10.1 Å². The number of hydrogen-bond donors (Lipinski definition) is 1. The zero-order valence-corrected chi connectivity index (χ0v) is 16.0. The minimum Gasteiger partial charge on any atom is -0.487 e. The normalized spacial score (nSPS) is 11.8. The summed E-state index contributed by atoms with van der Waals surface area (Å²) in [5.41, 5.74) is 2.90. The largest absolute Gasteiger partial charge is 0.487 e. The summed E-state index contributed by atoms with van der Waals surface area (Å²) in [4.78, 5) is 0. The van der Waals surface area contributed by atoms with Gasteiger partial charge in [-0.15, -0.1) is 0 Å². The Hall–Kier alpha value is -2.74. The highest BCUT2D eigenvalue weighted by atomic mass is 16.5. The maximum Gasteiger partial charge on any atom is 0.120 e. The molecule has 26 heavy (non-hydrogen) atoms. The number of benzene rings is 3. The molecule has 3 aromatic rings. The Morgan fingerprint density at radius 2 is 1.12 bits per heavy atom. The highest BCUT2D eigenvalue weighted by Crippen LogP contribution is 2.38. The van der Waals surface area contributed by atoms with E-state index in [1.165, 1.54) is 5.56 Å². The third-order valence-corrected chi connectivity index (χ3v) is 5.29. The van der Waals surface area contributed by atoms with E-state index in [0.29, 0.717) is 0 Å². The van der Waals surface area contributed by atoms with Gasteiger partial charge in [-0.1, -0.05) is 62.4 Å². The monoisotopic (exact) mass is 345 g/mol. The van der Waals surface area contributed by atoms with Crippen LogP contribution >= 0.6 is 0 Å². The molecular formula is C24H27NO. The lowest BCUT2D eigenvalue weighted by Gasteiger charge is -2.42. The van der Waals surface area contributed by atoms with Gasteiger partial charge in [-0.25, -0.2) is 0 Å². The summed E-state index contributed by atoms with van der Waals surface area (Å²) in [6.45, 7) is 8.76. The van der Waals surface area contributed by atoms with Gasteiger partial charge in [0.15, 0.2) is 0 Å². The molecule has 0 amide bonds. The van der Waals surface area contributed by atoms with Crippen LogP contribution in [0.1, 0.15) is 33.3 Å². The van der Waals surface area contributed by atoms with E-state index in [9.17, 15) is 0 Å². The molecule has 0 unspecified atom stereocenters. The quantitative estimate of drug-likeness (QED) is 0.546. The van der Waals surface area contributed by atoms with Gasteiger partial charge in [0.25, 0.3) is 0 Å². The molecule has 0 saturated heterocycles. The molecule has 2 nitrogen and oxygen atoms in total. The molecule has 2 heteroatoms. The molecule has 0 fully saturated rings. The van der Waals surface area contributed by atoms with E-state index in [4.69, 9.17) is 4.74 Å². The first-order chi connectivity index (χ1) is 12.4. The molecule has 0 aliphatic rings. The van der Waals surface area contributed by atoms with Crippen molar-refractivity contribution in [2.45, 2.75) is 38.7 Å². The van der Waals surface area contributed by atoms with Crippen molar-refractivity contribution < 1.29 is 4.74 Å². The average molecular weight is 345 g/mol. The Morgan fingerprint density at radius 3 is 1.69 bits per heavy atom. The first-order valence-electron chi connectivity index (χ1n) is 9.05. The van der Waals surface area contributed by atoms with Crippen LogP contribution in [0.4, 0.5) is 11.4 Å². The molecule has 0 aliphatic heterocycles. The average Bonchev–Trinajstić information content (AvgIpc) is 2.64. The molecule has 0 spiro atoms. The zero-order valence-electron chi connectivity index (χ0n) is 16.0. The van der Waals surface area contributed by atoms with Crippen molar-refractivity contribution in [3.05, 3.63) is 90.5 Å². The third kappa shape index (κ3) is 3.91. The second-order valence-corrected chi connectivity index (χ2v) is 7.62. The topological polar surface area (TPSA) is 21.3 Å². The molecule has 0 aliphatic carbocycles. The lowest BCUT2D eigenvalue weighted by molar-refractivity contribution is 0.0358. The highest BCUT2D eigenvalue weighted by Gasteiger charge is 2.40. The predicted molar refractivity (Wildman–Crippen MR) is 110 cm³/mol. The predicted octanol–water partition coefficient (Wildman–Crippen LogP) is 6.57. The number of ether oxygens (including phenoxy) is 1. The molecule has 3 aromatic carbocycles. The van der Waals surface area contributed by atoms with Crippen molar-refractivity contribution in [2.75, 3.05) is 5.32 Å². The van der Waals surface area contributed by atoms with E-state index in [1.54, 1.807) is 0 Å². The Balaban J connectivity index is 1.73. The zero-order chi connectivity index (χ0) is 18.6. The first-order valence-corrected chi connectivity index (χ1v) is 9.05. The van der Waals surface area contributed by atoms with Gasteiger partial charge in [-0.3, -0.25) is 0 Å². The van der Waals surface area contributed by atoms with E-state index >= 15 is 0 Å². The van der Waals surface area contributed by atoms with E-state index in [-0.39, 0.29) is 11.0 Å². The summed E-state index contributed by atoms with van der Waals surface area (Å²) < 4.78 is 6.40. The van der Waals surface area contributed by atoms with Crippen LogP contribution in [0.3, 0.4) is 0 Å². The lowest BCUT2D eigenvalue weighted by Crippen LogP contribution is -2.47. The minimum atomic E-state index is -0.358. The van der Waals surface area contributed by atoms with Gasteiger partial charge in [-0.05, 0) is 55.8 Å². The molecule has 1 N–H and O–H groups in total. The molecule has 0 radical (unpaired) electrons. The minimum absolute atomic E-state index is 0.130. The van der Waals surface area contributed by atoms with Gasteiger partial charge in [0.2, 0.25) is 0 Å². The number of anilines is 2. The van der Waals surface area contributed by atoms with Crippen LogP contribution in [0.2, 0.25) is 0 Å². The number of hydrogen-bond acceptors (Lipinski definition) is 2. The fourth-order valence-electron chi connectivity index (χ4n) is 2.92. The maximum atomic E-state index is 6.40. The Morgan fingerprint density at radius 1 is 0.615 bits per heavy atom. The van der Waals surface area contributed by atoms with Gasteiger partial charge >= 0.3 is 0 Å².